The molecular weight excluding hydrogens is 394 g/mol. The van der Waals surface area contributed by atoms with E-state index in [1.165, 1.54) is 5.56 Å². The van der Waals surface area contributed by atoms with Crippen LogP contribution in [0.15, 0.2) is 47.8 Å². The zero-order chi connectivity index (χ0) is 20.7. The number of carbonyl (C=O) groups is 2. The van der Waals surface area contributed by atoms with Gasteiger partial charge in [-0.3, -0.25) is 9.59 Å². The number of carbonyl (C=O) groups excluding carboxylic acids is 2. The lowest BCUT2D eigenvalue weighted by Crippen LogP contribution is -2.65. The number of hydrogen-bond donors (Lipinski definition) is 1. The first-order chi connectivity index (χ1) is 14.6. The van der Waals surface area contributed by atoms with Crippen molar-refractivity contribution in [3.05, 3.63) is 59.1 Å². The maximum atomic E-state index is 13.6. The smallest absolute Gasteiger partial charge is 0.271 e. The summed E-state index contributed by atoms with van der Waals surface area (Å²) in [4.78, 5) is 30.0. The topological polar surface area (TPSA) is 54.3 Å². The SMILES string of the molecule is CC1(C(=O)NC2CCCC2)Cn2c(cc3ccsc32)C(=O)N1CCc1ccccc1. The summed E-state index contributed by atoms with van der Waals surface area (Å²) < 4.78 is 2.05. The number of thiophene rings is 1. The summed E-state index contributed by atoms with van der Waals surface area (Å²) >= 11 is 1.63. The van der Waals surface area contributed by atoms with Crippen LogP contribution in [0.4, 0.5) is 0 Å². The minimum Gasteiger partial charge on any atom is -0.351 e. The zero-order valence-electron chi connectivity index (χ0n) is 17.3. The van der Waals surface area contributed by atoms with Gasteiger partial charge in [0.05, 0.1) is 6.54 Å². The Morgan fingerprint density at radius 1 is 1.20 bits per heavy atom. The maximum Gasteiger partial charge on any atom is 0.271 e. The highest BCUT2D eigenvalue weighted by atomic mass is 32.1. The molecule has 156 valence electrons. The van der Waals surface area contributed by atoms with Gasteiger partial charge in [-0.05, 0) is 49.3 Å². The summed E-state index contributed by atoms with van der Waals surface area (Å²) in [5.41, 5.74) is 0.957. The minimum atomic E-state index is -0.905. The Balaban J connectivity index is 1.49. The molecule has 1 aliphatic heterocycles. The quantitative estimate of drug-likeness (QED) is 0.671. The number of amides is 2. The average Bonchev–Trinajstić information content (AvgIpc) is 3.47. The van der Waals surface area contributed by atoms with Crippen molar-refractivity contribution in [1.29, 1.82) is 0 Å². The van der Waals surface area contributed by atoms with E-state index in [1.54, 1.807) is 11.3 Å². The maximum absolute atomic E-state index is 13.6. The van der Waals surface area contributed by atoms with E-state index in [1.807, 2.05) is 47.5 Å². The molecule has 1 N–H and O–H groups in total. The van der Waals surface area contributed by atoms with Gasteiger partial charge in [0.1, 0.15) is 16.1 Å². The fourth-order valence-corrected chi connectivity index (χ4v) is 5.80. The molecule has 0 spiro atoms. The van der Waals surface area contributed by atoms with E-state index in [9.17, 15) is 9.59 Å². The number of fused-ring (bicyclic) bond motifs is 3. The molecule has 3 aromatic rings. The molecule has 30 heavy (non-hydrogen) atoms. The fraction of sp³-hybridized carbons (Fsp3) is 0.417. The first kappa shape index (κ1) is 19.4. The van der Waals surface area contributed by atoms with Crippen LogP contribution in [0.5, 0.6) is 0 Å². The molecule has 2 aromatic heterocycles. The monoisotopic (exact) mass is 421 g/mol. The van der Waals surface area contributed by atoms with Gasteiger partial charge in [-0.25, -0.2) is 0 Å². The lowest BCUT2D eigenvalue weighted by Gasteiger charge is -2.44. The predicted octanol–water partition coefficient (Wildman–Crippen LogP) is 4.22. The zero-order valence-corrected chi connectivity index (χ0v) is 18.1. The first-order valence-electron chi connectivity index (χ1n) is 10.8. The highest BCUT2D eigenvalue weighted by molar-refractivity contribution is 7.16. The highest BCUT2D eigenvalue weighted by Gasteiger charge is 2.48. The van der Waals surface area contributed by atoms with Crippen molar-refractivity contribution in [2.75, 3.05) is 6.54 Å². The van der Waals surface area contributed by atoms with E-state index in [-0.39, 0.29) is 17.9 Å². The normalized spacial score (nSPS) is 21.9. The minimum absolute atomic E-state index is 0.0279. The summed E-state index contributed by atoms with van der Waals surface area (Å²) in [5, 5.41) is 6.38. The third-order valence-corrected chi connectivity index (χ3v) is 7.63. The van der Waals surface area contributed by atoms with E-state index >= 15 is 0 Å². The van der Waals surface area contributed by atoms with Crippen LogP contribution in [0.25, 0.3) is 10.2 Å². The standard InChI is InChI=1S/C24H27N3O2S/c1-24(23(29)25-19-9-5-6-10-19)16-26-20(15-18-12-14-30-22(18)26)21(28)27(24)13-11-17-7-3-2-4-8-17/h2-4,7-8,12,14-15,19H,5-6,9-11,13,16H2,1H3,(H,25,29). The Labute approximate surface area is 180 Å². The van der Waals surface area contributed by atoms with Crippen LogP contribution in [-0.2, 0) is 17.8 Å². The van der Waals surface area contributed by atoms with Gasteiger partial charge in [0.2, 0.25) is 5.91 Å². The first-order valence-corrected chi connectivity index (χ1v) is 11.7. The number of hydrogen-bond acceptors (Lipinski definition) is 3. The van der Waals surface area contributed by atoms with Gasteiger partial charge < -0.3 is 14.8 Å². The Hall–Kier alpha value is -2.60. The van der Waals surface area contributed by atoms with Crippen molar-refractivity contribution >= 4 is 33.4 Å². The van der Waals surface area contributed by atoms with Crippen molar-refractivity contribution in [2.24, 2.45) is 0 Å². The number of aromatic nitrogens is 1. The molecule has 2 amide bonds. The number of nitrogens with one attached hydrogen (secondary N) is 1. The van der Waals surface area contributed by atoms with E-state index in [2.05, 4.69) is 22.0 Å². The van der Waals surface area contributed by atoms with Crippen molar-refractivity contribution in [3.8, 4) is 0 Å². The highest BCUT2D eigenvalue weighted by Crippen LogP contribution is 2.35. The Bertz CT molecular complexity index is 1080. The molecule has 0 bridgehead atoms. The fourth-order valence-electron chi connectivity index (χ4n) is 4.90. The summed E-state index contributed by atoms with van der Waals surface area (Å²) in [6.07, 6.45) is 5.12. The molecule has 1 aliphatic carbocycles. The van der Waals surface area contributed by atoms with Crippen LogP contribution < -0.4 is 5.32 Å². The summed E-state index contributed by atoms with van der Waals surface area (Å²) in [5.74, 6) is -0.0791. The molecule has 0 radical (unpaired) electrons. The third kappa shape index (κ3) is 3.23. The number of benzene rings is 1. The van der Waals surface area contributed by atoms with E-state index < -0.39 is 5.54 Å². The third-order valence-electron chi connectivity index (χ3n) is 6.67. The second kappa shape index (κ2) is 7.58. The predicted molar refractivity (Wildman–Crippen MR) is 120 cm³/mol. The van der Waals surface area contributed by atoms with Gasteiger partial charge in [0.15, 0.2) is 0 Å². The second-order valence-corrected chi connectivity index (χ2v) is 9.61. The van der Waals surface area contributed by atoms with Crippen molar-refractivity contribution in [1.82, 2.24) is 14.8 Å². The number of rotatable bonds is 5. The Kier molecular flexibility index (Phi) is 4.89. The molecular formula is C24H27N3O2S. The van der Waals surface area contributed by atoms with Gasteiger partial charge in [-0.1, -0.05) is 43.2 Å². The Morgan fingerprint density at radius 3 is 2.73 bits per heavy atom. The molecule has 0 saturated heterocycles. The average molecular weight is 422 g/mol. The molecule has 1 aromatic carbocycles. The van der Waals surface area contributed by atoms with E-state index in [4.69, 9.17) is 0 Å². The van der Waals surface area contributed by atoms with Crippen molar-refractivity contribution in [3.63, 3.8) is 0 Å². The molecule has 5 nitrogen and oxygen atoms in total. The number of nitrogens with zero attached hydrogens (tertiary/aromatic N) is 2. The molecule has 1 unspecified atom stereocenters. The van der Waals surface area contributed by atoms with Gasteiger partial charge in [-0.2, -0.15) is 0 Å². The molecule has 1 fully saturated rings. The van der Waals surface area contributed by atoms with Crippen LogP contribution in [0.3, 0.4) is 0 Å². The van der Waals surface area contributed by atoms with Crippen LogP contribution in [0, 0.1) is 0 Å². The molecule has 3 heterocycles. The molecule has 2 aliphatic rings. The van der Waals surface area contributed by atoms with Crippen LogP contribution in [0.1, 0.15) is 48.7 Å². The van der Waals surface area contributed by atoms with Gasteiger partial charge in [-0.15, -0.1) is 11.3 Å². The molecule has 6 heteroatoms. The largest absolute Gasteiger partial charge is 0.351 e. The van der Waals surface area contributed by atoms with Gasteiger partial charge >= 0.3 is 0 Å². The Morgan fingerprint density at radius 2 is 1.97 bits per heavy atom. The molecule has 1 atom stereocenters. The summed E-state index contributed by atoms with van der Waals surface area (Å²) in [7, 11) is 0. The van der Waals surface area contributed by atoms with Crippen molar-refractivity contribution < 1.29 is 9.59 Å². The van der Waals surface area contributed by atoms with Crippen LogP contribution in [0.2, 0.25) is 0 Å². The van der Waals surface area contributed by atoms with Gasteiger partial charge in [0.25, 0.3) is 5.91 Å². The summed E-state index contributed by atoms with van der Waals surface area (Å²) in [6.45, 7) is 2.95. The lowest BCUT2D eigenvalue weighted by atomic mass is 9.93. The van der Waals surface area contributed by atoms with E-state index in [0.717, 1.165) is 42.3 Å². The molecule has 1 saturated carbocycles. The summed E-state index contributed by atoms with van der Waals surface area (Å²) in [6, 6.07) is 14.4. The van der Waals surface area contributed by atoms with Crippen LogP contribution in [-0.4, -0.2) is 39.4 Å². The van der Waals surface area contributed by atoms with Crippen LogP contribution >= 0.6 is 11.3 Å². The van der Waals surface area contributed by atoms with Gasteiger partial charge in [0, 0.05) is 18.0 Å². The second-order valence-electron chi connectivity index (χ2n) is 8.72. The van der Waals surface area contributed by atoms with E-state index in [0.29, 0.717) is 18.8 Å². The lowest BCUT2D eigenvalue weighted by molar-refractivity contribution is -0.133. The van der Waals surface area contributed by atoms with Crippen molar-refractivity contribution in [2.45, 2.75) is 57.2 Å². The molecule has 5 rings (SSSR count).